The van der Waals surface area contributed by atoms with E-state index >= 15 is 0 Å². The molecule has 0 aromatic carbocycles. The van der Waals surface area contributed by atoms with Gasteiger partial charge in [-0.15, -0.1) is 0 Å². The molecule has 3 heterocycles. The van der Waals surface area contributed by atoms with Crippen LogP contribution in [-0.2, 0) is 9.47 Å². The summed E-state index contributed by atoms with van der Waals surface area (Å²) in [6.45, 7) is 16.2. The third-order valence-electron chi connectivity index (χ3n) is 5.34. The standard InChI is InChI=1S/C21H37N5O4/c1-20(2,3)29-18(27)24-8-7-15(13-24)11-22-17-23-12-16-14-25(9-10-26(16)17)19(28)30-21(4,5)6/h15-16H,7-14H2,1-6H3,(H,22,23). The second-order valence-electron chi connectivity index (χ2n) is 10.4. The SMILES string of the molecule is CC(C)(C)OC(=O)N1CCC(CNC2=NCC3CN(C(=O)OC(C)(C)C)CCN23)C1. The molecule has 2 atom stereocenters. The summed E-state index contributed by atoms with van der Waals surface area (Å²) >= 11 is 0. The molecule has 2 saturated heterocycles. The average molecular weight is 424 g/mol. The van der Waals surface area contributed by atoms with Crippen molar-refractivity contribution in [1.82, 2.24) is 20.0 Å². The second-order valence-corrected chi connectivity index (χ2v) is 10.4. The van der Waals surface area contributed by atoms with Gasteiger partial charge in [-0.3, -0.25) is 4.99 Å². The van der Waals surface area contributed by atoms with Gasteiger partial charge in [-0.05, 0) is 53.9 Å². The lowest BCUT2D eigenvalue weighted by Crippen LogP contribution is -2.57. The quantitative estimate of drug-likeness (QED) is 0.732. The molecule has 9 nitrogen and oxygen atoms in total. The molecule has 2 amide bonds. The smallest absolute Gasteiger partial charge is 0.410 e. The summed E-state index contributed by atoms with van der Waals surface area (Å²) in [5, 5.41) is 3.48. The minimum Gasteiger partial charge on any atom is -0.444 e. The molecule has 2 unspecified atom stereocenters. The number of guanidine groups is 1. The van der Waals surface area contributed by atoms with Crippen LogP contribution in [0.3, 0.4) is 0 Å². The second kappa shape index (κ2) is 8.51. The number of fused-ring (bicyclic) bond motifs is 1. The van der Waals surface area contributed by atoms with Crippen LogP contribution in [0.1, 0.15) is 48.0 Å². The van der Waals surface area contributed by atoms with Crippen LogP contribution in [0.2, 0.25) is 0 Å². The Hall–Kier alpha value is -2.19. The molecule has 2 fully saturated rings. The van der Waals surface area contributed by atoms with E-state index in [1.807, 2.05) is 41.5 Å². The first-order valence-corrected chi connectivity index (χ1v) is 10.9. The van der Waals surface area contributed by atoms with Crippen molar-refractivity contribution in [3.63, 3.8) is 0 Å². The molecule has 0 aromatic rings. The maximum Gasteiger partial charge on any atom is 0.410 e. The number of ether oxygens (including phenoxy) is 2. The molecule has 0 spiro atoms. The first kappa shape index (κ1) is 22.5. The Balaban J connectivity index is 1.42. The van der Waals surface area contributed by atoms with Gasteiger partial charge in [0.2, 0.25) is 0 Å². The van der Waals surface area contributed by atoms with Gasteiger partial charge in [0.15, 0.2) is 5.96 Å². The molecule has 0 aliphatic carbocycles. The van der Waals surface area contributed by atoms with E-state index in [2.05, 4.69) is 15.2 Å². The molecular weight excluding hydrogens is 386 g/mol. The number of rotatable bonds is 2. The normalized spacial score (nSPS) is 24.5. The topological polar surface area (TPSA) is 86.7 Å². The Kier molecular flexibility index (Phi) is 6.38. The lowest BCUT2D eigenvalue weighted by Gasteiger charge is -2.39. The fourth-order valence-corrected chi connectivity index (χ4v) is 3.95. The van der Waals surface area contributed by atoms with Crippen molar-refractivity contribution in [2.45, 2.75) is 65.2 Å². The minimum absolute atomic E-state index is 0.190. The molecule has 0 aromatic heterocycles. The van der Waals surface area contributed by atoms with Crippen LogP contribution in [0.15, 0.2) is 4.99 Å². The molecule has 0 radical (unpaired) electrons. The first-order chi connectivity index (χ1) is 13.9. The van der Waals surface area contributed by atoms with Crippen molar-refractivity contribution in [1.29, 1.82) is 0 Å². The Morgan fingerprint density at radius 1 is 0.967 bits per heavy atom. The van der Waals surface area contributed by atoms with Gasteiger partial charge in [0.05, 0.1) is 12.6 Å². The highest BCUT2D eigenvalue weighted by Gasteiger charge is 2.37. The maximum atomic E-state index is 12.3. The van der Waals surface area contributed by atoms with Gasteiger partial charge >= 0.3 is 12.2 Å². The number of nitrogens with one attached hydrogen (secondary N) is 1. The first-order valence-electron chi connectivity index (χ1n) is 10.9. The zero-order chi connectivity index (χ0) is 22.1. The molecule has 0 bridgehead atoms. The Morgan fingerprint density at radius 3 is 2.17 bits per heavy atom. The van der Waals surface area contributed by atoms with Crippen LogP contribution in [0.4, 0.5) is 9.59 Å². The Bertz CT molecular complexity index is 682. The highest BCUT2D eigenvalue weighted by atomic mass is 16.6. The van der Waals surface area contributed by atoms with Crippen LogP contribution in [-0.4, -0.2) is 95.9 Å². The van der Waals surface area contributed by atoms with E-state index in [1.165, 1.54) is 0 Å². The fourth-order valence-electron chi connectivity index (χ4n) is 3.95. The Morgan fingerprint density at radius 2 is 1.57 bits per heavy atom. The summed E-state index contributed by atoms with van der Waals surface area (Å²) < 4.78 is 11.0. The summed E-state index contributed by atoms with van der Waals surface area (Å²) in [7, 11) is 0. The number of piperazine rings is 1. The zero-order valence-electron chi connectivity index (χ0n) is 19.2. The zero-order valence-corrected chi connectivity index (χ0v) is 19.2. The monoisotopic (exact) mass is 423 g/mol. The van der Waals surface area contributed by atoms with Gasteiger partial charge in [-0.2, -0.15) is 0 Å². The van der Waals surface area contributed by atoms with Crippen molar-refractivity contribution in [3.05, 3.63) is 0 Å². The van der Waals surface area contributed by atoms with Gasteiger partial charge in [-0.1, -0.05) is 0 Å². The third-order valence-corrected chi connectivity index (χ3v) is 5.34. The van der Waals surface area contributed by atoms with Crippen molar-refractivity contribution in [2.24, 2.45) is 10.9 Å². The lowest BCUT2D eigenvalue weighted by atomic mass is 10.1. The van der Waals surface area contributed by atoms with Gasteiger partial charge in [-0.25, -0.2) is 9.59 Å². The fraction of sp³-hybridized carbons (Fsp3) is 0.857. The molecule has 30 heavy (non-hydrogen) atoms. The average Bonchev–Trinajstić information content (AvgIpc) is 3.23. The maximum absolute atomic E-state index is 12.3. The molecule has 3 aliphatic rings. The van der Waals surface area contributed by atoms with Crippen LogP contribution in [0.5, 0.6) is 0 Å². The molecule has 170 valence electrons. The van der Waals surface area contributed by atoms with Crippen molar-refractivity contribution < 1.29 is 19.1 Å². The summed E-state index contributed by atoms with van der Waals surface area (Å²) in [4.78, 5) is 35.1. The summed E-state index contributed by atoms with van der Waals surface area (Å²) in [5.41, 5.74) is -0.954. The number of amides is 2. The van der Waals surface area contributed by atoms with E-state index in [9.17, 15) is 9.59 Å². The predicted octanol–water partition coefficient (Wildman–Crippen LogP) is 2.12. The number of carbonyl (C=O) groups excluding carboxylic acids is 2. The van der Waals surface area contributed by atoms with Crippen LogP contribution in [0, 0.1) is 5.92 Å². The number of hydrogen-bond donors (Lipinski definition) is 1. The highest BCUT2D eigenvalue weighted by Crippen LogP contribution is 2.21. The lowest BCUT2D eigenvalue weighted by molar-refractivity contribution is 0.0136. The van der Waals surface area contributed by atoms with Gasteiger partial charge in [0.25, 0.3) is 0 Å². The number of aliphatic imine (C=N–C) groups is 1. The molecular formula is C21H37N5O4. The predicted molar refractivity (Wildman–Crippen MR) is 115 cm³/mol. The largest absolute Gasteiger partial charge is 0.444 e. The van der Waals surface area contributed by atoms with E-state index in [-0.39, 0.29) is 18.2 Å². The summed E-state index contributed by atoms with van der Waals surface area (Å²) in [6, 6.07) is 0.190. The van der Waals surface area contributed by atoms with E-state index in [0.29, 0.717) is 32.1 Å². The van der Waals surface area contributed by atoms with E-state index < -0.39 is 11.2 Å². The van der Waals surface area contributed by atoms with Crippen LogP contribution < -0.4 is 5.32 Å². The van der Waals surface area contributed by atoms with E-state index in [4.69, 9.17) is 9.47 Å². The minimum atomic E-state index is -0.485. The number of hydrogen-bond acceptors (Lipinski definition) is 7. The summed E-state index contributed by atoms with van der Waals surface area (Å²) in [5.74, 6) is 1.28. The van der Waals surface area contributed by atoms with Crippen LogP contribution >= 0.6 is 0 Å². The van der Waals surface area contributed by atoms with Crippen LogP contribution in [0.25, 0.3) is 0 Å². The molecule has 1 N–H and O–H groups in total. The number of likely N-dealkylation sites (tertiary alicyclic amines) is 1. The number of carbonyl (C=O) groups is 2. The molecule has 9 heteroatoms. The van der Waals surface area contributed by atoms with Gasteiger partial charge < -0.3 is 29.5 Å². The molecule has 0 saturated carbocycles. The van der Waals surface area contributed by atoms with Gasteiger partial charge in [0, 0.05) is 39.3 Å². The number of nitrogens with zero attached hydrogens (tertiary/aromatic N) is 4. The van der Waals surface area contributed by atoms with Crippen molar-refractivity contribution in [3.8, 4) is 0 Å². The van der Waals surface area contributed by atoms with Gasteiger partial charge in [0.1, 0.15) is 11.2 Å². The highest BCUT2D eigenvalue weighted by molar-refractivity contribution is 5.82. The molecule has 3 aliphatic heterocycles. The van der Waals surface area contributed by atoms with E-state index in [0.717, 1.165) is 32.0 Å². The molecule has 3 rings (SSSR count). The third kappa shape index (κ3) is 5.92. The van der Waals surface area contributed by atoms with Crippen molar-refractivity contribution in [2.75, 3.05) is 45.8 Å². The Labute approximate surface area is 179 Å². The van der Waals surface area contributed by atoms with E-state index in [1.54, 1.807) is 9.80 Å². The summed E-state index contributed by atoms with van der Waals surface area (Å²) in [6.07, 6.45) is 0.466. The van der Waals surface area contributed by atoms with Crippen molar-refractivity contribution >= 4 is 18.1 Å².